The van der Waals surface area contributed by atoms with Crippen molar-refractivity contribution in [2.45, 2.75) is 23.6 Å². The maximum Gasteiger partial charge on any atom is 0.338 e. The smallest absolute Gasteiger partial charge is 0.338 e. The molecule has 7 nitrogen and oxygen atoms in total. The highest BCUT2D eigenvalue weighted by molar-refractivity contribution is 7.99. The number of carbonyl (C=O) groups is 2. The Hall–Kier alpha value is -2.52. The highest BCUT2D eigenvalue weighted by Crippen LogP contribution is 2.36. The molecule has 1 aliphatic rings. The van der Waals surface area contributed by atoms with Gasteiger partial charge in [0, 0.05) is 29.8 Å². The van der Waals surface area contributed by atoms with Crippen LogP contribution in [0.5, 0.6) is 0 Å². The summed E-state index contributed by atoms with van der Waals surface area (Å²) in [4.78, 5) is 26.2. The zero-order valence-corrected chi connectivity index (χ0v) is 17.1. The third-order valence-electron chi connectivity index (χ3n) is 4.11. The van der Waals surface area contributed by atoms with E-state index in [0.29, 0.717) is 12.2 Å². The van der Waals surface area contributed by atoms with Crippen molar-refractivity contribution in [1.29, 1.82) is 0 Å². The summed E-state index contributed by atoms with van der Waals surface area (Å²) in [6.45, 7) is 3.92. The van der Waals surface area contributed by atoms with Crippen molar-refractivity contribution in [3.05, 3.63) is 48.0 Å². The van der Waals surface area contributed by atoms with E-state index in [2.05, 4.69) is 4.72 Å². The highest BCUT2D eigenvalue weighted by atomic mass is 32.2. The molecule has 1 heterocycles. The van der Waals surface area contributed by atoms with Crippen molar-refractivity contribution in [2.75, 3.05) is 28.5 Å². The highest BCUT2D eigenvalue weighted by Gasteiger charge is 2.24. The van der Waals surface area contributed by atoms with E-state index in [1.54, 1.807) is 47.9 Å². The number of nitrogens with one attached hydrogen (secondary N) is 1. The molecule has 0 bridgehead atoms. The number of esters is 1. The number of nitrogens with zero attached hydrogens (tertiary/aromatic N) is 1. The topological polar surface area (TPSA) is 92.8 Å². The number of benzene rings is 2. The van der Waals surface area contributed by atoms with Gasteiger partial charge in [0.15, 0.2) is 0 Å². The number of hydrogen-bond donors (Lipinski definition) is 1. The Balaban J connectivity index is 1.90. The molecule has 0 saturated heterocycles. The Labute approximate surface area is 168 Å². The molecule has 0 fully saturated rings. The fourth-order valence-corrected chi connectivity index (χ4v) is 4.87. The van der Waals surface area contributed by atoms with Gasteiger partial charge in [-0.3, -0.25) is 9.52 Å². The minimum Gasteiger partial charge on any atom is -0.462 e. The number of fused-ring (bicyclic) bond motifs is 1. The maximum absolute atomic E-state index is 12.8. The molecule has 0 aliphatic carbocycles. The third-order valence-corrected chi connectivity index (χ3v) is 6.53. The van der Waals surface area contributed by atoms with E-state index >= 15 is 0 Å². The fourth-order valence-electron chi connectivity index (χ4n) is 2.83. The summed E-state index contributed by atoms with van der Waals surface area (Å²) in [5, 5.41) is 0. The molecule has 3 rings (SSSR count). The molecule has 2 aromatic rings. The van der Waals surface area contributed by atoms with Crippen molar-refractivity contribution in [3.8, 4) is 0 Å². The zero-order chi connectivity index (χ0) is 20.3. The number of amides is 1. The van der Waals surface area contributed by atoms with Crippen molar-refractivity contribution in [3.63, 3.8) is 0 Å². The van der Waals surface area contributed by atoms with E-state index in [-0.39, 0.29) is 28.7 Å². The Morgan fingerprint density at radius 3 is 2.71 bits per heavy atom. The van der Waals surface area contributed by atoms with Crippen LogP contribution in [0.2, 0.25) is 0 Å². The van der Waals surface area contributed by atoms with E-state index < -0.39 is 16.0 Å². The molecule has 0 unspecified atom stereocenters. The maximum atomic E-state index is 12.8. The predicted octanol–water partition coefficient (Wildman–Crippen LogP) is 3.12. The lowest BCUT2D eigenvalue weighted by molar-refractivity contribution is -0.116. The minimum absolute atomic E-state index is 0.0431. The lowest BCUT2D eigenvalue weighted by atomic mass is 10.2. The third kappa shape index (κ3) is 4.31. The summed E-state index contributed by atoms with van der Waals surface area (Å²) in [5.74, 6) is 0.107. The molecule has 0 spiro atoms. The molecule has 0 aromatic heterocycles. The molecular formula is C19H20N2O5S2. The van der Waals surface area contributed by atoms with Gasteiger partial charge in [-0.25, -0.2) is 13.2 Å². The Morgan fingerprint density at radius 2 is 2.00 bits per heavy atom. The summed E-state index contributed by atoms with van der Waals surface area (Å²) in [6, 6.07) is 10.8. The number of rotatable bonds is 5. The van der Waals surface area contributed by atoms with Gasteiger partial charge in [0.1, 0.15) is 0 Å². The Kier molecular flexibility index (Phi) is 5.95. The van der Waals surface area contributed by atoms with E-state index in [0.717, 1.165) is 10.6 Å². The second-order valence-electron chi connectivity index (χ2n) is 6.06. The van der Waals surface area contributed by atoms with Gasteiger partial charge in [-0.1, -0.05) is 6.07 Å². The quantitative estimate of drug-likeness (QED) is 0.747. The second-order valence-corrected chi connectivity index (χ2v) is 8.87. The number of carbonyl (C=O) groups excluding carboxylic acids is 2. The van der Waals surface area contributed by atoms with Gasteiger partial charge in [0.05, 0.1) is 22.8 Å². The summed E-state index contributed by atoms with van der Waals surface area (Å²) in [7, 11) is -3.90. The summed E-state index contributed by atoms with van der Waals surface area (Å²) in [6.07, 6.45) is 0. The van der Waals surface area contributed by atoms with E-state index in [1.807, 2.05) is 0 Å². The van der Waals surface area contributed by atoms with Gasteiger partial charge in [-0.2, -0.15) is 0 Å². The summed E-state index contributed by atoms with van der Waals surface area (Å²) < 4.78 is 33.1. The first kappa shape index (κ1) is 20.2. The number of ether oxygens (including phenoxy) is 1. The van der Waals surface area contributed by atoms with Crippen LogP contribution >= 0.6 is 11.8 Å². The van der Waals surface area contributed by atoms with Gasteiger partial charge in [0.25, 0.3) is 10.0 Å². The fraction of sp³-hybridized carbons (Fsp3) is 0.263. The lowest BCUT2D eigenvalue weighted by Gasteiger charge is -2.28. The number of anilines is 2. The van der Waals surface area contributed by atoms with E-state index in [1.165, 1.54) is 25.1 Å². The van der Waals surface area contributed by atoms with Gasteiger partial charge < -0.3 is 9.64 Å². The molecule has 148 valence electrons. The number of hydrogen-bond acceptors (Lipinski definition) is 6. The average molecular weight is 421 g/mol. The van der Waals surface area contributed by atoms with Crippen LogP contribution in [0, 0.1) is 0 Å². The van der Waals surface area contributed by atoms with Crippen LogP contribution < -0.4 is 9.62 Å². The van der Waals surface area contributed by atoms with Crippen LogP contribution in [0.4, 0.5) is 11.4 Å². The molecule has 1 N–H and O–H groups in total. The van der Waals surface area contributed by atoms with Crippen molar-refractivity contribution < 1.29 is 22.7 Å². The van der Waals surface area contributed by atoms with Crippen molar-refractivity contribution in [1.82, 2.24) is 0 Å². The van der Waals surface area contributed by atoms with Gasteiger partial charge in [-0.05, 0) is 43.3 Å². The van der Waals surface area contributed by atoms with Crippen molar-refractivity contribution >= 4 is 45.0 Å². The zero-order valence-electron chi connectivity index (χ0n) is 15.5. The van der Waals surface area contributed by atoms with Crippen LogP contribution in [0.25, 0.3) is 0 Å². The monoisotopic (exact) mass is 420 g/mol. The molecule has 1 amide bonds. The summed E-state index contributed by atoms with van der Waals surface area (Å²) >= 11 is 1.58. The van der Waals surface area contributed by atoms with E-state index in [9.17, 15) is 18.0 Å². The molecule has 9 heteroatoms. The molecular weight excluding hydrogens is 400 g/mol. The van der Waals surface area contributed by atoms with Gasteiger partial charge >= 0.3 is 5.97 Å². The first-order chi connectivity index (χ1) is 13.3. The Morgan fingerprint density at radius 1 is 1.21 bits per heavy atom. The molecule has 0 saturated carbocycles. The van der Waals surface area contributed by atoms with E-state index in [4.69, 9.17) is 4.74 Å². The van der Waals surface area contributed by atoms with Crippen LogP contribution in [0.1, 0.15) is 24.2 Å². The van der Waals surface area contributed by atoms with Crippen LogP contribution in [0.15, 0.2) is 52.3 Å². The molecule has 1 aliphatic heterocycles. The van der Waals surface area contributed by atoms with Gasteiger partial charge in [-0.15, -0.1) is 11.8 Å². The number of sulfonamides is 1. The van der Waals surface area contributed by atoms with Crippen LogP contribution in [0.3, 0.4) is 0 Å². The standard InChI is InChI=1S/C19H20N2O5S2/c1-3-26-19(23)14-5-4-6-15(11-14)20-28(24,25)16-7-8-18-17(12-16)21(13(2)22)9-10-27-18/h4-8,11-12,20H,3,9-10H2,1-2H3. The minimum atomic E-state index is -3.90. The Bertz CT molecular complexity index is 1020. The molecule has 0 atom stereocenters. The first-order valence-corrected chi connectivity index (χ1v) is 11.1. The van der Waals surface area contributed by atoms with Crippen LogP contribution in [-0.4, -0.2) is 39.2 Å². The van der Waals surface area contributed by atoms with Crippen LogP contribution in [-0.2, 0) is 19.6 Å². The SMILES string of the molecule is CCOC(=O)c1cccc(NS(=O)(=O)c2ccc3c(c2)N(C(C)=O)CCS3)c1. The number of thioether (sulfide) groups is 1. The average Bonchev–Trinajstić information content (AvgIpc) is 2.67. The largest absolute Gasteiger partial charge is 0.462 e. The van der Waals surface area contributed by atoms with Gasteiger partial charge in [0.2, 0.25) is 5.91 Å². The molecule has 0 radical (unpaired) electrons. The summed E-state index contributed by atoms with van der Waals surface area (Å²) in [5.41, 5.74) is 1.10. The second kappa shape index (κ2) is 8.24. The molecule has 2 aromatic carbocycles. The lowest BCUT2D eigenvalue weighted by Crippen LogP contribution is -2.33. The first-order valence-electron chi connectivity index (χ1n) is 8.67. The van der Waals surface area contributed by atoms with Crippen molar-refractivity contribution in [2.24, 2.45) is 0 Å². The molecule has 28 heavy (non-hydrogen) atoms. The predicted molar refractivity (Wildman–Crippen MR) is 108 cm³/mol. The normalized spacial score (nSPS) is 13.6.